The van der Waals surface area contributed by atoms with E-state index in [1.165, 1.54) is 11.6 Å². The van der Waals surface area contributed by atoms with Crippen molar-refractivity contribution in [2.75, 3.05) is 0 Å². The maximum absolute atomic E-state index is 13.8. The van der Waals surface area contributed by atoms with E-state index in [0.717, 1.165) is 27.5 Å². The molecule has 1 heterocycles. The Balaban J connectivity index is 1.61. The molecule has 2 N–H and O–H groups in total. The highest BCUT2D eigenvalue weighted by molar-refractivity contribution is 9.10. The third-order valence-corrected chi connectivity index (χ3v) is 4.19. The highest BCUT2D eigenvalue weighted by atomic mass is 79.9. The van der Waals surface area contributed by atoms with Gasteiger partial charge in [-0.25, -0.2) is 4.39 Å². The van der Waals surface area contributed by atoms with Crippen LogP contribution in [-0.4, -0.2) is 16.2 Å². The average molecular weight is 362 g/mol. The van der Waals surface area contributed by atoms with Gasteiger partial charge in [0.15, 0.2) is 0 Å². The number of benzene rings is 2. The van der Waals surface area contributed by atoms with Crippen molar-refractivity contribution in [1.29, 1.82) is 0 Å². The normalized spacial score (nSPS) is 12.7. The lowest BCUT2D eigenvalue weighted by molar-refractivity contribution is 0.526. The van der Waals surface area contributed by atoms with Crippen LogP contribution >= 0.6 is 15.9 Å². The Morgan fingerprint density at radius 2 is 2.14 bits per heavy atom. The van der Waals surface area contributed by atoms with Crippen LogP contribution in [0.3, 0.4) is 0 Å². The molecule has 3 nitrogen and oxygen atoms in total. The lowest BCUT2D eigenvalue weighted by Gasteiger charge is -2.15. The number of nitrogens with zero attached hydrogens (tertiary/aromatic N) is 1. The fourth-order valence-corrected chi connectivity index (χ4v) is 2.90. The summed E-state index contributed by atoms with van der Waals surface area (Å²) < 4.78 is 14.7. The fraction of sp³-hybridized carbons (Fsp3) is 0.235. The molecular weight excluding hydrogens is 345 g/mol. The maximum atomic E-state index is 13.8. The van der Waals surface area contributed by atoms with Crippen LogP contribution in [0.25, 0.3) is 10.9 Å². The summed E-state index contributed by atoms with van der Waals surface area (Å²) in [5.74, 6) is -0.156. The zero-order valence-electron chi connectivity index (χ0n) is 12.2. The van der Waals surface area contributed by atoms with Gasteiger partial charge in [0.05, 0.1) is 11.7 Å². The van der Waals surface area contributed by atoms with Crippen molar-refractivity contribution >= 4 is 26.8 Å². The lowest BCUT2D eigenvalue weighted by Crippen LogP contribution is -2.27. The largest absolute Gasteiger partial charge is 0.310 e. The Kier molecular flexibility index (Phi) is 4.55. The molecule has 0 aliphatic heterocycles. The molecule has 0 radical (unpaired) electrons. The van der Waals surface area contributed by atoms with Crippen LogP contribution in [0, 0.1) is 5.82 Å². The van der Waals surface area contributed by atoms with Gasteiger partial charge in [0, 0.05) is 22.4 Å². The van der Waals surface area contributed by atoms with E-state index in [2.05, 4.69) is 50.5 Å². The monoisotopic (exact) mass is 361 g/mol. The summed E-state index contributed by atoms with van der Waals surface area (Å²) in [5.41, 5.74) is 2.95. The summed E-state index contributed by atoms with van der Waals surface area (Å²) in [4.78, 5) is 0. The van der Waals surface area contributed by atoms with Crippen molar-refractivity contribution in [3.63, 3.8) is 0 Å². The molecule has 2 aromatic carbocycles. The van der Waals surface area contributed by atoms with Gasteiger partial charge in [0.2, 0.25) is 0 Å². The van der Waals surface area contributed by atoms with Crippen LogP contribution in [-0.2, 0) is 13.0 Å². The molecule has 3 aromatic rings. The molecule has 22 heavy (non-hydrogen) atoms. The quantitative estimate of drug-likeness (QED) is 0.715. The Morgan fingerprint density at radius 3 is 3.00 bits per heavy atom. The van der Waals surface area contributed by atoms with Crippen molar-refractivity contribution in [3.8, 4) is 0 Å². The SMILES string of the molecule is CC(Cc1cc(Br)ccc1F)NCc1ccc2[nH]ncc2c1. The number of aromatic amines is 1. The summed E-state index contributed by atoms with van der Waals surface area (Å²) in [6.07, 6.45) is 2.47. The number of halogens is 2. The molecule has 0 saturated carbocycles. The molecular formula is C17H17BrFN3. The van der Waals surface area contributed by atoms with E-state index in [0.29, 0.717) is 6.42 Å². The van der Waals surface area contributed by atoms with E-state index in [1.54, 1.807) is 6.07 Å². The van der Waals surface area contributed by atoms with Gasteiger partial charge in [0.1, 0.15) is 5.82 Å². The van der Waals surface area contributed by atoms with Crippen molar-refractivity contribution in [3.05, 3.63) is 64.0 Å². The number of rotatable bonds is 5. The Labute approximate surface area is 137 Å². The van der Waals surface area contributed by atoms with Gasteiger partial charge in [0.25, 0.3) is 0 Å². The van der Waals surface area contributed by atoms with Gasteiger partial charge in [-0.3, -0.25) is 5.10 Å². The second-order valence-corrected chi connectivity index (χ2v) is 6.43. The second-order valence-electron chi connectivity index (χ2n) is 5.51. The zero-order chi connectivity index (χ0) is 15.5. The molecule has 0 bridgehead atoms. The number of aromatic nitrogens is 2. The summed E-state index contributed by atoms with van der Waals surface area (Å²) in [7, 11) is 0. The van der Waals surface area contributed by atoms with Crippen LogP contribution in [0.4, 0.5) is 4.39 Å². The summed E-state index contributed by atoms with van der Waals surface area (Å²) in [6, 6.07) is 11.4. The minimum absolute atomic E-state index is 0.156. The molecule has 1 aromatic heterocycles. The predicted molar refractivity (Wildman–Crippen MR) is 90.2 cm³/mol. The molecule has 0 spiro atoms. The van der Waals surface area contributed by atoms with Crippen LogP contribution in [0.1, 0.15) is 18.1 Å². The standard InChI is InChI=1S/C17H17BrFN3/c1-11(6-13-8-15(18)3-4-16(13)19)20-9-12-2-5-17-14(7-12)10-21-22-17/h2-5,7-8,10-11,20H,6,9H2,1H3,(H,21,22). The first kappa shape index (κ1) is 15.2. The molecule has 5 heteroatoms. The molecule has 1 atom stereocenters. The van der Waals surface area contributed by atoms with Crippen LogP contribution in [0.15, 0.2) is 47.1 Å². The van der Waals surface area contributed by atoms with E-state index in [-0.39, 0.29) is 11.9 Å². The molecule has 1 unspecified atom stereocenters. The van der Waals surface area contributed by atoms with Crippen LogP contribution in [0.2, 0.25) is 0 Å². The number of hydrogen-bond acceptors (Lipinski definition) is 2. The summed E-state index contributed by atoms with van der Waals surface area (Å²) in [6.45, 7) is 2.81. The smallest absolute Gasteiger partial charge is 0.126 e. The van der Waals surface area contributed by atoms with E-state index < -0.39 is 0 Å². The third-order valence-electron chi connectivity index (χ3n) is 3.69. The second kappa shape index (κ2) is 6.58. The Hall–Kier alpha value is -1.72. The van der Waals surface area contributed by atoms with Gasteiger partial charge < -0.3 is 5.32 Å². The van der Waals surface area contributed by atoms with Gasteiger partial charge in [-0.1, -0.05) is 22.0 Å². The number of fused-ring (bicyclic) bond motifs is 1. The van der Waals surface area contributed by atoms with Crippen molar-refractivity contribution < 1.29 is 4.39 Å². The number of nitrogens with one attached hydrogen (secondary N) is 2. The van der Waals surface area contributed by atoms with Crippen molar-refractivity contribution in [2.45, 2.75) is 25.9 Å². The Bertz CT molecular complexity index is 784. The molecule has 0 amide bonds. The first-order valence-electron chi connectivity index (χ1n) is 7.21. The summed E-state index contributed by atoms with van der Waals surface area (Å²) in [5, 5.41) is 11.5. The molecule has 114 valence electrons. The predicted octanol–water partition coefficient (Wildman–Crippen LogP) is 4.19. The molecule has 0 fully saturated rings. The van der Waals surface area contributed by atoms with Crippen molar-refractivity contribution in [2.24, 2.45) is 0 Å². The fourth-order valence-electron chi connectivity index (χ4n) is 2.50. The molecule has 0 aliphatic carbocycles. The first-order chi connectivity index (χ1) is 10.6. The molecule has 3 rings (SSSR count). The van der Waals surface area contributed by atoms with Crippen LogP contribution < -0.4 is 5.32 Å². The molecule has 0 aliphatic rings. The minimum Gasteiger partial charge on any atom is -0.310 e. The number of hydrogen-bond donors (Lipinski definition) is 2. The van der Waals surface area contributed by atoms with E-state index in [9.17, 15) is 4.39 Å². The van der Waals surface area contributed by atoms with Gasteiger partial charge in [-0.15, -0.1) is 0 Å². The third kappa shape index (κ3) is 3.54. The van der Waals surface area contributed by atoms with Crippen LogP contribution in [0.5, 0.6) is 0 Å². The minimum atomic E-state index is -0.156. The van der Waals surface area contributed by atoms with Gasteiger partial charge in [-0.05, 0) is 54.8 Å². The van der Waals surface area contributed by atoms with E-state index >= 15 is 0 Å². The highest BCUT2D eigenvalue weighted by Crippen LogP contribution is 2.17. The summed E-state index contributed by atoms with van der Waals surface area (Å²) >= 11 is 3.39. The maximum Gasteiger partial charge on any atom is 0.126 e. The molecule has 0 saturated heterocycles. The van der Waals surface area contributed by atoms with Crippen molar-refractivity contribution in [1.82, 2.24) is 15.5 Å². The first-order valence-corrected chi connectivity index (χ1v) is 8.00. The van der Waals surface area contributed by atoms with E-state index in [4.69, 9.17) is 0 Å². The zero-order valence-corrected chi connectivity index (χ0v) is 13.8. The van der Waals surface area contributed by atoms with Gasteiger partial charge in [-0.2, -0.15) is 5.10 Å². The number of H-pyrrole nitrogens is 1. The Morgan fingerprint density at radius 1 is 1.27 bits per heavy atom. The highest BCUT2D eigenvalue weighted by Gasteiger charge is 2.08. The average Bonchev–Trinajstić information content (AvgIpc) is 2.96. The lowest BCUT2D eigenvalue weighted by atomic mass is 10.1. The topological polar surface area (TPSA) is 40.7 Å². The van der Waals surface area contributed by atoms with E-state index in [1.807, 2.05) is 18.3 Å². The van der Waals surface area contributed by atoms with Gasteiger partial charge >= 0.3 is 0 Å².